The van der Waals surface area contributed by atoms with E-state index in [0.717, 1.165) is 29.5 Å². The van der Waals surface area contributed by atoms with Crippen LogP contribution >= 0.6 is 11.8 Å². The number of benzene rings is 1. The first-order valence-corrected chi connectivity index (χ1v) is 11.3. The standard InChI is InChI=1S/C21H29N5O3S/c1-4-9-26-19(17-8-6-7-16(3)14-17)22-23-20(26)30-15-18(27)24-10-12-25(13-11-24)21(28)29-5-2/h6-8,14H,4-5,9-13,15H2,1-3H3. The van der Waals surface area contributed by atoms with E-state index in [-0.39, 0.29) is 12.0 Å². The molecule has 9 heteroatoms. The minimum atomic E-state index is -0.310. The summed E-state index contributed by atoms with van der Waals surface area (Å²) in [4.78, 5) is 27.9. The maximum Gasteiger partial charge on any atom is 0.409 e. The molecule has 2 aromatic rings. The van der Waals surface area contributed by atoms with Crippen LogP contribution in [0, 0.1) is 6.92 Å². The van der Waals surface area contributed by atoms with Gasteiger partial charge in [0, 0.05) is 38.3 Å². The summed E-state index contributed by atoms with van der Waals surface area (Å²) in [6.45, 7) is 9.15. The first-order valence-electron chi connectivity index (χ1n) is 10.4. The summed E-state index contributed by atoms with van der Waals surface area (Å²) in [5.41, 5.74) is 2.20. The fourth-order valence-corrected chi connectivity index (χ4v) is 4.26. The van der Waals surface area contributed by atoms with E-state index in [1.165, 1.54) is 17.3 Å². The van der Waals surface area contributed by atoms with Crippen LogP contribution in [0.4, 0.5) is 4.79 Å². The van der Waals surface area contributed by atoms with Crippen LogP contribution in [0.15, 0.2) is 29.4 Å². The normalized spacial score (nSPS) is 14.1. The minimum Gasteiger partial charge on any atom is -0.450 e. The molecule has 1 aliphatic rings. The lowest BCUT2D eigenvalue weighted by molar-refractivity contribution is -0.129. The Hall–Kier alpha value is -2.55. The first kappa shape index (κ1) is 22.1. The van der Waals surface area contributed by atoms with Gasteiger partial charge in [-0.3, -0.25) is 4.79 Å². The molecule has 8 nitrogen and oxygen atoms in total. The average Bonchev–Trinajstić information content (AvgIpc) is 3.15. The number of hydrogen-bond acceptors (Lipinski definition) is 6. The highest BCUT2D eigenvalue weighted by Crippen LogP contribution is 2.25. The predicted molar refractivity (Wildman–Crippen MR) is 116 cm³/mol. The van der Waals surface area contributed by atoms with Crippen LogP contribution in [-0.4, -0.2) is 75.1 Å². The van der Waals surface area contributed by atoms with Crippen molar-refractivity contribution in [3.05, 3.63) is 29.8 Å². The van der Waals surface area contributed by atoms with Crippen molar-refractivity contribution in [1.29, 1.82) is 0 Å². The summed E-state index contributed by atoms with van der Waals surface area (Å²) in [5.74, 6) is 1.18. The highest BCUT2D eigenvalue weighted by atomic mass is 32.2. The molecule has 30 heavy (non-hydrogen) atoms. The van der Waals surface area contributed by atoms with Gasteiger partial charge >= 0.3 is 6.09 Å². The van der Waals surface area contributed by atoms with E-state index < -0.39 is 0 Å². The van der Waals surface area contributed by atoms with E-state index in [1.54, 1.807) is 16.7 Å². The smallest absolute Gasteiger partial charge is 0.409 e. The van der Waals surface area contributed by atoms with Gasteiger partial charge in [-0.15, -0.1) is 10.2 Å². The second-order valence-corrected chi connectivity index (χ2v) is 8.13. The number of hydrogen-bond donors (Lipinski definition) is 0. The third-order valence-corrected chi connectivity index (χ3v) is 5.87. The zero-order valence-corrected chi connectivity index (χ0v) is 18.7. The lowest BCUT2D eigenvalue weighted by atomic mass is 10.1. The van der Waals surface area contributed by atoms with E-state index in [1.807, 2.05) is 12.1 Å². The van der Waals surface area contributed by atoms with Crippen molar-refractivity contribution < 1.29 is 14.3 Å². The molecule has 2 amide bonds. The molecular formula is C21H29N5O3S. The number of rotatable bonds is 7. The van der Waals surface area contributed by atoms with Crippen molar-refractivity contribution in [1.82, 2.24) is 24.6 Å². The van der Waals surface area contributed by atoms with Gasteiger partial charge in [0.05, 0.1) is 12.4 Å². The van der Waals surface area contributed by atoms with Gasteiger partial charge in [0.2, 0.25) is 5.91 Å². The highest BCUT2D eigenvalue weighted by Gasteiger charge is 2.25. The summed E-state index contributed by atoms with van der Waals surface area (Å²) in [6.07, 6.45) is 0.643. The Morgan fingerprint density at radius 1 is 1.10 bits per heavy atom. The maximum atomic E-state index is 12.7. The van der Waals surface area contributed by atoms with Gasteiger partial charge in [-0.2, -0.15) is 0 Å². The van der Waals surface area contributed by atoms with Crippen molar-refractivity contribution >= 4 is 23.8 Å². The van der Waals surface area contributed by atoms with Gasteiger partial charge in [-0.05, 0) is 26.3 Å². The number of aryl methyl sites for hydroxylation is 1. The second-order valence-electron chi connectivity index (χ2n) is 7.18. The Morgan fingerprint density at radius 3 is 2.50 bits per heavy atom. The summed E-state index contributed by atoms with van der Waals surface area (Å²) in [6, 6.07) is 8.20. The third-order valence-electron chi connectivity index (χ3n) is 4.92. The molecular weight excluding hydrogens is 402 g/mol. The number of carbonyl (C=O) groups excluding carboxylic acids is 2. The average molecular weight is 432 g/mol. The molecule has 1 saturated heterocycles. The molecule has 1 aromatic heterocycles. The summed E-state index contributed by atoms with van der Waals surface area (Å²) < 4.78 is 7.11. The Labute approximate surface area is 181 Å². The molecule has 162 valence electrons. The lowest BCUT2D eigenvalue weighted by Gasteiger charge is -2.34. The number of nitrogens with zero attached hydrogens (tertiary/aromatic N) is 5. The number of ether oxygens (including phenoxy) is 1. The van der Waals surface area contributed by atoms with Crippen LogP contribution in [0.25, 0.3) is 11.4 Å². The van der Waals surface area contributed by atoms with E-state index in [4.69, 9.17) is 4.74 Å². The summed E-state index contributed by atoms with van der Waals surface area (Å²) in [5, 5.41) is 9.50. The molecule has 2 heterocycles. The largest absolute Gasteiger partial charge is 0.450 e. The molecule has 0 bridgehead atoms. The van der Waals surface area contributed by atoms with Gasteiger partial charge in [0.15, 0.2) is 11.0 Å². The molecule has 0 spiro atoms. The number of amides is 2. The molecule has 0 aliphatic carbocycles. The quantitative estimate of drug-likeness (QED) is 0.627. The van der Waals surface area contributed by atoms with E-state index in [0.29, 0.717) is 38.5 Å². The summed E-state index contributed by atoms with van der Waals surface area (Å²) >= 11 is 1.42. The van der Waals surface area contributed by atoms with Crippen molar-refractivity contribution in [3.63, 3.8) is 0 Å². The van der Waals surface area contributed by atoms with Gasteiger partial charge in [0.25, 0.3) is 0 Å². The van der Waals surface area contributed by atoms with Gasteiger partial charge < -0.3 is 19.1 Å². The van der Waals surface area contributed by atoms with Crippen LogP contribution in [0.3, 0.4) is 0 Å². The SMILES string of the molecule is CCCn1c(SCC(=O)N2CCN(C(=O)OCC)CC2)nnc1-c1cccc(C)c1. The number of carbonyl (C=O) groups is 2. The minimum absolute atomic E-state index is 0.0478. The second kappa shape index (κ2) is 10.5. The van der Waals surface area contributed by atoms with Crippen LogP contribution < -0.4 is 0 Å². The molecule has 1 aromatic carbocycles. The molecule has 0 unspecified atom stereocenters. The molecule has 0 atom stereocenters. The fourth-order valence-electron chi connectivity index (χ4n) is 3.39. The van der Waals surface area contributed by atoms with Gasteiger partial charge in [0.1, 0.15) is 0 Å². The van der Waals surface area contributed by atoms with Gasteiger partial charge in [-0.1, -0.05) is 42.4 Å². The van der Waals surface area contributed by atoms with E-state index in [9.17, 15) is 9.59 Å². The van der Waals surface area contributed by atoms with Crippen molar-refractivity contribution in [2.24, 2.45) is 0 Å². The maximum absolute atomic E-state index is 12.7. The van der Waals surface area contributed by atoms with Crippen LogP contribution in [0.5, 0.6) is 0 Å². The van der Waals surface area contributed by atoms with Crippen molar-refractivity contribution in [2.45, 2.75) is 38.9 Å². The molecule has 0 N–H and O–H groups in total. The van der Waals surface area contributed by atoms with Gasteiger partial charge in [-0.25, -0.2) is 4.79 Å². The monoisotopic (exact) mass is 431 g/mol. The molecule has 0 saturated carbocycles. The third kappa shape index (κ3) is 5.33. The molecule has 1 fully saturated rings. The van der Waals surface area contributed by atoms with Crippen LogP contribution in [0.1, 0.15) is 25.8 Å². The first-order chi connectivity index (χ1) is 14.5. The van der Waals surface area contributed by atoms with Crippen molar-refractivity contribution in [2.75, 3.05) is 38.5 Å². The zero-order chi connectivity index (χ0) is 21.5. The number of thioether (sulfide) groups is 1. The lowest BCUT2D eigenvalue weighted by Crippen LogP contribution is -2.51. The topological polar surface area (TPSA) is 80.6 Å². The molecule has 3 rings (SSSR count). The Kier molecular flexibility index (Phi) is 7.73. The van der Waals surface area contributed by atoms with Crippen LogP contribution in [-0.2, 0) is 16.1 Å². The summed E-state index contributed by atoms with van der Waals surface area (Å²) in [7, 11) is 0. The van der Waals surface area contributed by atoms with E-state index >= 15 is 0 Å². The predicted octanol–water partition coefficient (Wildman–Crippen LogP) is 3.06. The Bertz CT molecular complexity index is 877. The fraction of sp³-hybridized carbons (Fsp3) is 0.524. The Morgan fingerprint density at radius 2 is 1.83 bits per heavy atom. The van der Waals surface area contributed by atoms with E-state index in [2.05, 4.69) is 40.7 Å². The Balaban J connectivity index is 1.60. The van der Waals surface area contributed by atoms with Crippen LogP contribution in [0.2, 0.25) is 0 Å². The zero-order valence-electron chi connectivity index (χ0n) is 17.8. The number of aromatic nitrogens is 3. The molecule has 1 aliphatic heterocycles. The number of piperazine rings is 1. The molecule has 0 radical (unpaired) electrons. The van der Waals surface area contributed by atoms with Crippen molar-refractivity contribution in [3.8, 4) is 11.4 Å². The highest BCUT2D eigenvalue weighted by molar-refractivity contribution is 7.99.